The van der Waals surface area contributed by atoms with E-state index in [-0.39, 0.29) is 5.91 Å². The third kappa shape index (κ3) is 3.36. The molecule has 0 aliphatic carbocycles. The lowest BCUT2D eigenvalue weighted by atomic mass is 10.2. The Labute approximate surface area is 163 Å². The molecule has 4 rings (SSSR count). The molecule has 0 atom stereocenters. The first-order chi connectivity index (χ1) is 13.7. The first-order valence-electron chi connectivity index (χ1n) is 9.04. The third-order valence-corrected chi connectivity index (χ3v) is 4.83. The maximum atomic E-state index is 12.8. The zero-order chi connectivity index (χ0) is 19.5. The summed E-state index contributed by atoms with van der Waals surface area (Å²) in [5.41, 5.74) is 4.35. The minimum absolute atomic E-state index is 0.294. The number of anilines is 3. The number of hydrogen-bond donors (Lipinski definition) is 1. The monoisotopic (exact) mass is 375 g/mol. The number of carbonyl (C=O) groups is 1. The summed E-state index contributed by atoms with van der Waals surface area (Å²) in [7, 11) is 3.13. The summed E-state index contributed by atoms with van der Waals surface area (Å²) in [5.74, 6) is 0.887. The van der Waals surface area contributed by atoms with Crippen molar-refractivity contribution in [1.82, 2.24) is 4.98 Å². The molecule has 1 N–H and O–H groups in total. The molecule has 6 nitrogen and oxygen atoms in total. The predicted molar refractivity (Wildman–Crippen MR) is 109 cm³/mol. The topological polar surface area (TPSA) is 63.7 Å². The maximum absolute atomic E-state index is 12.8. The number of ether oxygens (including phenoxy) is 2. The van der Waals surface area contributed by atoms with Crippen LogP contribution in [0.1, 0.15) is 16.1 Å². The molecule has 1 aliphatic rings. The van der Waals surface area contributed by atoms with Crippen LogP contribution in [-0.4, -0.2) is 31.7 Å². The molecule has 0 unspecified atom stereocenters. The van der Waals surface area contributed by atoms with E-state index in [1.54, 1.807) is 38.6 Å². The zero-order valence-corrected chi connectivity index (χ0v) is 15.8. The van der Waals surface area contributed by atoms with Crippen LogP contribution in [-0.2, 0) is 6.42 Å². The van der Waals surface area contributed by atoms with Gasteiger partial charge in [0.25, 0.3) is 5.91 Å². The van der Waals surface area contributed by atoms with Gasteiger partial charge in [0.15, 0.2) is 0 Å². The van der Waals surface area contributed by atoms with Gasteiger partial charge < -0.3 is 19.7 Å². The number of para-hydroxylation sites is 1. The van der Waals surface area contributed by atoms with Gasteiger partial charge in [-0.25, -0.2) is 0 Å². The van der Waals surface area contributed by atoms with Crippen molar-refractivity contribution in [1.29, 1.82) is 0 Å². The van der Waals surface area contributed by atoms with E-state index in [1.165, 1.54) is 11.3 Å². The second-order valence-corrected chi connectivity index (χ2v) is 6.45. The first kappa shape index (κ1) is 17.9. The molecule has 0 bridgehead atoms. The van der Waals surface area contributed by atoms with Gasteiger partial charge in [0.2, 0.25) is 0 Å². The lowest BCUT2D eigenvalue weighted by molar-refractivity contribution is 0.102. The Morgan fingerprint density at radius 2 is 1.93 bits per heavy atom. The molecule has 2 aromatic carbocycles. The Morgan fingerprint density at radius 1 is 1.07 bits per heavy atom. The van der Waals surface area contributed by atoms with Gasteiger partial charge in [-0.15, -0.1) is 0 Å². The van der Waals surface area contributed by atoms with E-state index >= 15 is 0 Å². The lowest BCUT2D eigenvalue weighted by Crippen LogP contribution is -2.17. The minimum atomic E-state index is -0.294. The lowest BCUT2D eigenvalue weighted by Gasteiger charge is -2.20. The highest BCUT2D eigenvalue weighted by molar-refractivity contribution is 6.04. The molecule has 0 fully saturated rings. The van der Waals surface area contributed by atoms with Crippen molar-refractivity contribution < 1.29 is 14.3 Å². The van der Waals surface area contributed by atoms with Crippen molar-refractivity contribution in [2.75, 3.05) is 31.0 Å². The molecule has 2 heterocycles. The molecule has 0 spiro atoms. The van der Waals surface area contributed by atoms with Crippen molar-refractivity contribution in [3.63, 3.8) is 0 Å². The fraction of sp³-hybridized carbons (Fsp3) is 0.182. The molecule has 3 aromatic rings. The van der Waals surface area contributed by atoms with E-state index in [9.17, 15) is 4.79 Å². The van der Waals surface area contributed by atoms with E-state index < -0.39 is 0 Å². The molecule has 6 heteroatoms. The zero-order valence-electron chi connectivity index (χ0n) is 15.8. The number of nitrogens with one attached hydrogen (secondary N) is 1. The number of carbonyl (C=O) groups excluding carboxylic acids is 1. The average Bonchev–Trinajstić information content (AvgIpc) is 3.18. The van der Waals surface area contributed by atoms with Crippen molar-refractivity contribution in [2.24, 2.45) is 0 Å². The summed E-state index contributed by atoms with van der Waals surface area (Å²) in [6.07, 6.45) is 2.65. The number of benzene rings is 2. The number of rotatable bonds is 5. The Hall–Kier alpha value is -3.54. The van der Waals surface area contributed by atoms with Crippen LogP contribution in [0.2, 0.25) is 0 Å². The molecular formula is C22H21N3O3. The van der Waals surface area contributed by atoms with Crippen LogP contribution >= 0.6 is 0 Å². The molecule has 1 aromatic heterocycles. The summed E-state index contributed by atoms with van der Waals surface area (Å²) in [6.45, 7) is 0.886. The number of methoxy groups -OCH3 is 2. The van der Waals surface area contributed by atoms with E-state index in [1.807, 2.05) is 18.2 Å². The number of amides is 1. The summed E-state index contributed by atoms with van der Waals surface area (Å²) in [5, 5.41) is 2.87. The normalized spacial score (nSPS) is 12.4. The van der Waals surface area contributed by atoms with Gasteiger partial charge in [0, 0.05) is 30.2 Å². The fourth-order valence-electron chi connectivity index (χ4n) is 3.41. The van der Waals surface area contributed by atoms with Gasteiger partial charge in [-0.3, -0.25) is 9.78 Å². The van der Waals surface area contributed by atoms with Crippen LogP contribution in [0, 0.1) is 0 Å². The Bertz CT molecular complexity index is 1020. The van der Waals surface area contributed by atoms with Crippen LogP contribution in [0.15, 0.2) is 60.8 Å². The fourth-order valence-corrected chi connectivity index (χ4v) is 3.41. The molecule has 28 heavy (non-hydrogen) atoms. The summed E-state index contributed by atoms with van der Waals surface area (Å²) in [4.78, 5) is 19.2. The van der Waals surface area contributed by atoms with Crippen LogP contribution in [0.5, 0.6) is 11.5 Å². The summed E-state index contributed by atoms with van der Waals surface area (Å²) < 4.78 is 10.5. The van der Waals surface area contributed by atoms with Gasteiger partial charge >= 0.3 is 0 Å². The van der Waals surface area contributed by atoms with E-state index in [2.05, 4.69) is 33.4 Å². The van der Waals surface area contributed by atoms with Crippen LogP contribution in [0.25, 0.3) is 0 Å². The van der Waals surface area contributed by atoms with Gasteiger partial charge in [-0.2, -0.15) is 0 Å². The minimum Gasteiger partial charge on any atom is -0.497 e. The second-order valence-electron chi connectivity index (χ2n) is 6.45. The van der Waals surface area contributed by atoms with Crippen molar-refractivity contribution in [3.8, 4) is 11.5 Å². The van der Waals surface area contributed by atoms with Crippen molar-refractivity contribution in [2.45, 2.75) is 6.42 Å². The Balaban J connectivity index is 1.58. The SMILES string of the molecule is COc1ccc(NC(=O)c2cc(N3CCc4ccccc43)ccn2)c(OC)c1. The standard InChI is InChI=1S/C22H21N3O3/c1-27-17-7-8-18(21(14-17)28-2)24-22(26)19-13-16(9-11-23-19)25-12-10-15-5-3-4-6-20(15)25/h3-9,11,13-14H,10,12H2,1-2H3,(H,24,26). The quantitative estimate of drug-likeness (QED) is 0.729. The highest BCUT2D eigenvalue weighted by Crippen LogP contribution is 2.34. The molecule has 142 valence electrons. The number of fused-ring (bicyclic) bond motifs is 1. The largest absolute Gasteiger partial charge is 0.497 e. The number of aromatic nitrogens is 1. The predicted octanol–water partition coefficient (Wildman–Crippen LogP) is 4.05. The molecule has 0 saturated carbocycles. The second kappa shape index (κ2) is 7.60. The highest BCUT2D eigenvalue weighted by atomic mass is 16.5. The van der Waals surface area contributed by atoms with Crippen LogP contribution in [0.4, 0.5) is 17.1 Å². The van der Waals surface area contributed by atoms with E-state index in [0.717, 1.165) is 18.7 Å². The Morgan fingerprint density at radius 3 is 2.75 bits per heavy atom. The van der Waals surface area contributed by atoms with Crippen molar-refractivity contribution >= 4 is 23.0 Å². The smallest absolute Gasteiger partial charge is 0.274 e. The number of nitrogens with zero attached hydrogens (tertiary/aromatic N) is 2. The number of hydrogen-bond acceptors (Lipinski definition) is 5. The average molecular weight is 375 g/mol. The highest BCUT2D eigenvalue weighted by Gasteiger charge is 2.21. The molecular weight excluding hydrogens is 354 g/mol. The van der Waals surface area contributed by atoms with Gasteiger partial charge in [0.1, 0.15) is 17.2 Å². The summed E-state index contributed by atoms with van der Waals surface area (Å²) >= 11 is 0. The molecule has 1 aliphatic heterocycles. The van der Waals surface area contributed by atoms with Crippen molar-refractivity contribution in [3.05, 3.63) is 72.1 Å². The van der Waals surface area contributed by atoms with Crippen LogP contribution in [0.3, 0.4) is 0 Å². The Kier molecular flexibility index (Phi) is 4.85. The van der Waals surface area contributed by atoms with E-state index in [4.69, 9.17) is 9.47 Å². The first-order valence-corrected chi connectivity index (χ1v) is 9.04. The van der Waals surface area contributed by atoms with E-state index in [0.29, 0.717) is 22.9 Å². The maximum Gasteiger partial charge on any atom is 0.274 e. The molecule has 0 radical (unpaired) electrons. The van der Waals surface area contributed by atoms with Gasteiger partial charge in [-0.05, 0) is 42.3 Å². The molecule has 1 amide bonds. The number of pyridine rings is 1. The van der Waals surface area contributed by atoms with Gasteiger partial charge in [-0.1, -0.05) is 18.2 Å². The third-order valence-electron chi connectivity index (χ3n) is 4.83. The summed E-state index contributed by atoms with van der Waals surface area (Å²) in [6, 6.07) is 17.3. The molecule has 0 saturated heterocycles. The van der Waals surface area contributed by atoms with Crippen LogP contribution < -0.4 is 19.7 Å². The van der Waals surface area contributed by atoms with Gasteiger partial charge in [0.05, 0.1) is 19.9 Å².